The Morgan fingerprint density at radius 2 is 1.71 bits per heavy atom. The van der Waals surface area contributed by atoms with Crippen LogP contribution in [0.5, 0.6) is 0 Å². The Labute approximate surface area is 127 Å². The Bertz CT molecular complexity index is 596. The summed E-state index contributed by atoms with van der Waals surface area (Å²) in [6, 6.07) is 12.0. The summed E-state index contributed by atoms with van der Waals surface area (Å²) in [4.78, 5) is 16.5. The fraction of sp³-hybridized carbons (Fsp3) is 0.368. The molecular weight excluding hydrogens is 258 g/mol. The molecule has 110 valence electrons. The monoisotopic (exact) mass is 281 g/mol. The quantitative estimate of drug-likeness (QED) is 0.751. The van der Waals surface area contributed by atoms with Gasteiger partial charge < -0.3 is 0 Å². The molecule has 0 aliphatic heterocycles. The Morgan fingerprint density at radius 3 is 2.38 bits per heavy atom. The van der Waals surface area contributed by atoms with Crippen LogP contribution in [0.15, 0.2) is 48.8 Å². The van der Waals surface area contributed by atoms with Gasteiger partial charge in [0.05, 0.1) is 0 Å². The fourth-order valence-electron chi connectivity index (χ4n) is 2.52. The zero-order valence-corrected chi connectivity index (χ0v) is 13.1. The minimum absolute atomic E-state index is 0.00263. The van der Waals surface area contributed by atoms with Crippen molar-refractivity contribution in [3.8, 4) is 0 Å². The Kier molecular flexibility index (Phi) is 4.89. The largest absolute Gasteiger partial charge is 0.294 e. The SMILES string of the molecule is CC(C)(C)c1ccccc1C(=O)CCCc1ccncc1. The van der Waals surface area contributed by atoms with Crippen LogP contribution >= 0.6 is 0 Å². The summed E-state index contributed by atoms with van der Waals surface area (Å²) in [5.41, 5.74) is 3.25. The molecule has 0 bridgehead atoms. The number of Topliss-reactive ketones (excluding diaryl/α,β-unsaturated/α-hetero) is 1. The number of carbonyl (C=O) groups is 1. The van der Waals surface area contributed by atoms with Crippen molar-refractivity contribution in [1.82, 2.24) is 4.98 Å². The molecule has 2 heteroatoms. The third kappa shape index (κ3) is 4.25. The molecule has 0 atom stereocenters. The smallest absolute Gasteiger partial charge is 0.163 e. The molecule has 0 saturated heterocycles. The van der Waals surface area contributed by atoms with Gasteiger partial charge in [0.2, 0.25) is 0 Å². The van der Waals surface area contributed by atoms with Gasteiger partial charge in [0.15, 0.2) is 5.78 Å². The molecule has 0 amide bonds. The fourth-order valence-corrected chi connectivity index (χ4v) is 2.52. The number of rotatable bonds is 5. The summed E-state index contributed by atoms with van der Waals surface area (Å²) in [5.74, 6) is 0.245. The molecule has 2 aromatic rings. The second-order valence-electron chi connectivity index (χ2n) is 6.43. The second kappa shape index (κ2) is 6.66. The molecule has 0 saturated carbocycles. The Morgan fingerprint density at radius 1 is 1.05 bits per heavy atom. The van der Waals surface area contributed by atoms with E-state index in [0.717, 1.165) is 24.0 Å². The van der Waals surface area contributed by atoms with Crippen LogP contribution in [0.2, 0.25) is 0 Å². The molecule has 2 nitrogen and oxygen atoms in total. The van der Waals surface area contributed by atoms with E-state index in [1.807, 2.05) is 30.3 Å². The molecule has 0 unspecified atom stereocenters. The predicted octanol–water partition coefficient (Wildman–Crippen LogP) is 4.58. The summed E-state index contributed by atoms with van der Waals surface area (Å²) in [6.07, 6.45) is 5.99. The first-order valence-corrected chi connectivity index (χ1v) is 7.50. The normalized spacial score (nSPS) is 11.4. The zero-order chi connectivity index (χ0) is 15.3. The molecule has 2 rings (SSSR count). The van der Waals surface area contributed by atoms with E-state index >= 15 is 0 Å². The van der Waals surface area contributed by atoms with Crippen LogP contribution in [0.4, 0.5) is 0 Å². The van der Waals surface area contributed by atoms with E-state index in [9.17, 15) is 4.79 Å². The van der Waals surface area contributed by atoms with Gasteiger partial charge in [-0.15, -0.1) is 0 Å². The van der Waals surface area contributed by atoms with Gasteiger partial charge in [-0.05, 0) is 41.5 Å². The van der Waals surface area contributed by atoms with Crippen molar-refractivity contribution in [2.24, 2.45) is 0 Å². The summed E-state index contributed by atoms with van der Waals surface area (Å²) in [5, 5.41) is 0. The van der Waals surface area contributed by atoms with E-state index < -0.39 is 0 Å². The lowest BCUT2D eigenvalue weighted by atomic mass is 9.82. The second-order valence-corrected chi connectivity index (χ2v) is 6.43. The van der Waals surface area contributed by atoms with Crippen molar-refractivity contribution in [2.75, 3.05) is 0 Å². The first-order chi connectivity index (χ1) is 9.98. The van der Waals surface area contributed by atoms with Crippen molar-refractivity contribution < 1.29 is 4.79 Å². The Hall–Kier alpha value is -1.96. The van der Waals surface area contributed by atoms with Crippen molar-refractivity contribution in [2.45, 2.75) is 45.4 Å². The van der Waals surface area contributed by atoms with E-state index in [4.69, 9.17) is 0 Å². The first kappa shape index (κ1) is 15.4. The highest BCUT2D eigenvalue weighted by Gasteiger charge is 2.20. The van der Waals surface area contributed by atoms with Crippen LogP contribution in [-0.2, 0) is 11.8 Å². The minimum atomic E-state index is -0.00263. The lowest BCUT2D eigenvalue weighted by Gasteiger charge is -2.22. The van der Waals surface area contributed by atoms with E-state index in [1.54, 1.807) is 12.4 Å². The van der Waals surface area contributed by atoms with E-state index in [-0.39, 0.29) is 11.2 Å². The molecule has 0 aliphatic rings. The van der Waals surface area contributed by atoms with Gasteiger partial charge in [-0.25, -0.2) is 0 Å². The maximum absolute atomic E-state index is 12.5. The van der Waals surface area contributed by atoms with Crippen LogP contribution in [0, 0.1) is 0 Å². The van der Waals surface area contributed by atoms with Gasteiger partial charge in [0, 0.05) is 24.4 Å². The molecule has 1 aromatic heterocycles. The summed E-state index contributed by atoms with van der Waals surface area (Å²) >= 11 is 0. The van der Waals surface area contributed by atoms with Gasteiger partial charge >= 0.3 is 0 Å². The van der Waals surface area contributed by atoms with Crippen LogP contribution in [0.25, 0.3) is 0 Å². The van der Waals surface area contributed by atoms with E-state index in [1.165, 1.54) is 5.56 Å². The number of aromatic nitrogens is 1. The highest BCUT2D eigenvalue weighted by atomic mass is 16.1. The number of benzene rings is 1. The standard InChI is InChI=1S/C19H23NO/c1-19(2,3)17-9-5-4-8-16(17)18(21)10-6-7-15-11-13-20-14-12-15/h4-5,8-9,11-14H,6-7,10H2,1-3H3. The first-order valence-electron chi connectivity index (χ1n) is 7.50. The topological polar surface area (TPSA) is 30.0 Å². The van der Waals surface area contributed by atoms with Crippen LogP contribution in [-0.4, -0.2) is 10.8 Å². The predicted molar refractivity (Wildman–Crippen MR) is 86.6 cm³/mol. The number of hydrogen-bond acceptors (Lipinski definition) is 2. The molecule has 0 fully saturated rings. The van der Waals surface area contributed by atoms with Crippen molar-refractivity contribution in [3.05, 3.63) is 65.5 Å². The van der Waals surface area contributed by atoms with Crippen molar-refractivity contribution in [1.29, 1.82) is 0 Å². The number of pyridine rings is 1. The molecule has 21 heavy (non-hydrogen) atoms. The lowest BCUT2D eigenvalue weighted by Crippen LogP contribution is -2.16. The van der Waals surface area contributed by atoms with Gasteiger partial charge in [-0.2, -0.15) is 0 Å². The van der Waals surface area contributed by atoms with Crippen LogP contribution < -0.4 is 0 Å². The number of carbonyl (C=O) groups excluding carboxylic acids is 1. The van der Waals surface area contributed by atoms with Gasteiger partial charge in [-0.3, -0.25) is 9.78 Å². The number of ketones is 1. The maximum Gasteiger partial charge on any atom is 0.163 e. The third-order valence-corrected chi connectivity index (χ3v) is 3.65. The summed E-state index contributed by atoms with van der Waals surface area (Å²) < 4.78 is 0. The average molecular weight is 281 g/mol. The average Bonchev–Trinajstić information content (AvgIpc) is 2.47. The minimum Gasteiger partial charge on any atom is -0.294 e. The molecule has 0 N–H and O–H groups in total. The van der Waals surface area contributed by atoms with E-state index in [2.05, 4.69) is 31.8 Å². The van der Waals surface area contributed by atoms with Crippen LogP contribution in [0.1, 0.15) is 55.1 Å². The van der Waals surface area contributed by atoms with Gasteiger partial charge in [0.25, 0.3) is 0 Å². The zero-order valence-electron chi connectivity index (χ0n) is 13.1. The molecule has 1 heterocycles. The maximum atomic E-state index is 12.5. The third-order valence-electron chi connectivity index (χ3n) is 3.65. The summed E-state index contributed by atoms with van der Waals surface area (Å²) in [7, 11) is 0. The summed E-state index contributed by atoms with van der Waals surface area (Å²) in [6.45, 7) is 6.45. The van der Waals surface area contributed by atoms with Gasteiger partial charge in [0.1, 0.15) is 0 Å². The van der Waals surface area contributed by atoms with Crippen molar-refractivity contribution >= 4 is 5.78 Å². The lowest BCUT2D eigenvalue weighted by molar-refractivity contribution is 0.0978. The molecule has 0 spiro atoms. The number of hydrogen-bond donors (Lipinski definition) is 0. The molecular formula is C19H23NO. The van der Waals surface area contributed by atoms with Gasteiger partial charge in [-0.1, -0.05) is 45.0 Å². The highest BCUT2D eigenvalue weighted by molar-refractivity contribution is 5.97. The molecule has 0 aliphatic carbocycles. The van der Waals surface area contributed by atoms with Crippen LogP contribution in [0.3, 0.4) is 0 Å². The van der Waals surface area contributed by atoms with Crippen molar-refractivity contribution in [3.63, 3.8) is 0 Å². The number of nitrogens with zero attached hydrogens (tertiary/aromatic N) is 1. The molecule has 0 radical (unpaired) electrons. The number of aryl methyl sites for hydroxylation is 1. The Balaban J connectivity index is 2.01. The highest BCUT2D eigenvalue weighted by Crippen LogP contribution is 2.26. The molecule has 1 aromatic carbocycles. The van der Waals surface area contributed by atoms with E-state index in [0.29, 0.717) is 6.42 Å².